The van der Waals surface area contributed by atoms with Crippen LogP contribution in [0.3, 0.4) is 0 Å². The van der Waals surface area contributed by atoms with Crippen molar-refractivity contribution in [3.63, 3.8) is 0 Å². The second kappa shape index (κ2) is 5.74. The Kier molecular flexibility index (Phi) is 3.98. The zero-order valence-electron chi connectivity index (χ0n) is 11.6. The first kappa shape index (κ1) is 13.9. The smallest absolute Gasteiger partial charge is 0.229 e. The lowest BCUT2D eigenvalue weighted by atomic mass is 9.99. The number of aryl methyl sites for hydroxylation is 1. The summed E-state index contributed by atoms with van der Waals surface area (Å²) in [5, 5.41) is 10.8. The van der Waals surface area contributed by atoms with Gasteiger partial charge in [0.15, 0.2) is 0 Å². The number of nitrogens with zero attached hydrogens (tertiary/aromatic N) is 1. The minimum Gasteiger partial charge on any atom is -0.353 e. The van der Waals surface area contributed by atoms with E-state index in [2.05, 4.69) is 15.8 Å². The Balaban J connectivity index is 1.48. The van der Waals surface area contributed by atoms with Crippen LogP contribution in [0.4, 0.5) is 0 Å². The van der Waals surface area contributed by atoms with Crippen LogP contribution in [-0.4, -0.2) is 29.2 Å². The fraction of sp³-hybridized carbons (Fsp3) is 0.714. The van der Waals surface area contributed by atoms with Crippen molar-refractivity contribution in [2.24, 2.45) is 0 Å². The monoisotopic (exact) mass is 297 g/mol. The first-order chi connectivity index (χ1) is 9.61. The number of piperidine rings is 1. The topological polar surface area (TPSA) is 67.2 Å². The minimum atomic E-state index is 0.0907. The molecule has 2 N–H and O–H groups in total. The van der Waals surface area contributed by atoms with E-state index in [0.717, 1.165) is 24.1 Å². The molecule has 1 amide bonds. The second-order valence-electron chi connectivity index (χ2n) is 5.89. The van der Waals surface area contributed by atoms with Gasteiger partial charge in [0.25, 0.3) is 0 Å². The highest BCUT2D eigenvalue weighted by atomic mass is 35.5. The van der Waals surface area contributed by atoms with Gasteiger partial charge in [-0.05, 0) is 50.6 Å². The Morgan fingerprint density at radius 3 is 2.75 bits per heavy atom. The Labute approximate surface area is 123 Å². The molecule has 0 aromatic carbocycles. The molecule has 2 saturated heterocycles. The third kappa shape index (κ3) is 2.99. The van der Waals surface area contributed by atoms with E-state index >= 15 is 0 Å². The van der Waals surface area contributed by atoms with E-state index in [4.69, 9.17) is 16.1 Å². The van der Waals surface area contributed by atoms with Gasteiger partial charge in [-0.25, -0.2) is 0 Å². The number of carbonyl (C=O) groups is 1. The standard InChI is InChI=1S/C14H20ClN3O2/c1-8-12(14(15)20-18-8)4-5-13(19)17-11-6-9-2-3-10(7-11)16-9/h9-11,16H,2-7H2,1H3,(H,17,19). The molecule has 2 aliphatic heterocycles. The highest BCUT2D eigenvalue weighted by molar-refractivity contribution is 6.29. The zero-order valence-corrected chi connectivity index (χ0v) is 12.4. The molecule has 0 radical (unpaired) electrons. The molecule has 5 nitrogen and oxygen atoms in total. The summed E-state index contributed by atoms with van der Waals surface area (Å²) in [4.78, 5) is 12.0. The lowest BCUT2D eigenvalue weighted by Gasteiger charge is -2.29. The quantitative estimate of drug-likeness (QED) is 0.891. The number of halogens is 1. The van der Waals surface area contributed by atoms with Crippen molar-refractivity contribution in [1.82, 2.24) is 15.8 Å². The minimum absolute atomic E-state index is 0.0907. The Bertz CT molecular complexity index is 471. The van der Waals surface area contributed by atoms with E-state index < -0.39 is 0 Å². The van der Waals surface area contributed by atoms with Crippen LogP contribution in [0.25, 0.3) is 0 Å². The summed E-state index contributed by atoms with van der Waals surface area (Å²) >= 11 is 5.90. The lowest BCUT2D eigenvalue weighted by Crippen LogP contribution is -2.48. The molecule has 0 saturated carbocycles. The van der Waals surface area contributed by atoms with Gasteiger partial charge < -0.3 is 15.2 Å². The second-order valence-corrected chi connectivity index (χ2v) is 6.24. The van der Waals surface area contributed by atoms with Gasteiger partial charge in [0.1, 0.15) is 0 Å². The van der Waals surface area contributed by atoms with Crippen LogP contribution in [0.15, 0.2) is 4.52 Å². The van der Waals surface area contributed by atoms with E-state index in [0.29, 0.717) is 36.2 Å². The molecule has 0 spiro atoms. The Morgan fingerprint density at radius 1 is 1.45 bits per heavy atom. The first-order valence-corrected chi connectivity index (χ1v) is 7.65. The highest BCUT2D eigenvalue weighted by Gasteiger charge is 2.33. The van der Waals surface area contributed by atoms with Gasteiger partial charge in [-0.2, -0.15) is 0 Å². The molecular weight excluding hydrogens is 278 g/mol. The maximum Gasteiger partial charge on any atom is 0.229 e. The molecule has 110 valence electrons. The molecule has 3 heterocycles. The predicted molar refractivity (Wildman–Crippen MR) is 75.7 cm³/mol. The Hall–Kier alpha value is -1.07. The number of fused-ring (bicyclic) bond motifs is 2. The summed E-state index contributed by atoms with van der Waals surface area (Å²) in [6.07, 6.45) is 5.60. The summed E-state index contributed by atoms with van der Waals surface area (Å²) in [7, 11) is 0. The summed E-state index contributed by atoms with van der Waals surface area (Å²) in [5.41, 5.74) is 1.61. The van der Waals surface area contributed by atoms with Gasteiger partial charge in [0.05, 0.1) is 5.69 Å². The van der Waals surface area contributed by atoms with Gasteiger partial charge >= 0.3 is 0 Å². The van der Waals surface area contributed by atoms with Crippen LogP contribution >= 0.6 is 11.6 Å². The summed E-state index contributed by atoms with van der Waals surface area (Å²) in [6.45, 7) is 1.84. The molecule has 1 aromatic heterocycles. The van der Waals surface area contributed by atoms with Crippen molar-refractivity contribution < 1.29 is 9.32 Å². The largest absolute Gasteiger partial charge is 0.353 e. The molecule has 2 atom stereocenters. The van der Waals surface area contributed by atoms with Gasteiger partial charge in [0, 0.05) is 30.1 Å². The molecule has 20 heavy (non-hydrogen) atoms. The molecular formula is C14H20ClN3O2. The third-order valence-electron chi connectivity index (χ3n) is 4.38. The number of nitrogens with one attached hydrogen (secondary N) is 2. The third-order valence-corrected chi connectivity index (χ3v) is 4.67. The van der Waals surface area contributed by atoms with Crippen LogP contribution in [0.2, 0.25) is 5.22 Å². The molecule has 2 fully saturated rings. The van der Waals surface area contributed by atoms with Crippen molar-refractivity contribution in [2.45, 2.75) is 63.6 Å². The first-order valence-electron chi connectivity index (χ1n) is 7.28. The van der Waals surface area contributed by atoms with Crippen LogP contribution < -0.4 is 10.6 Å². The fourth-order valence-electron chi connectivity index (χ4n) is 3.35. The lowest BCUT2D eigenvalue weighted by molar-refractivity contribution is -0.122. The maximum atomic E-state index is 12.0. The average molecular weight is 298 g/mol. The number of hydrogen-bond acceptors (Lipinski definition) is 4. The van der Waals surface area contributed by atoms with Gasteiger partial charge in [0.2, 0.25) is 11.1 Å². The van der Waals surface area contributed by atoms with Crippen molar-refractivity contribution >= 4 is 17.5 Å². The van der Waals surface area contributed by atoms with Crippen molar-refractivity contribution in [2.75, 3.05) is 0 Å². The van der Waals surface area contributed by atoms with Gasteiger partial charge in [-0.3, -0.25) is 4.79 Å². The highest BCUT2D eigenvalue weighted by Crippen LogP contribution is 2.27. The number of rotatable bonds is 4. The summed E-state index contributed by atoms with van der Waals surface area (Å²) in [6, 6.07) is 1.50. The number of carbonyl (C=O) groups excluding carboxylic acids is 1. The van der Waals surface area contributed by atoms with Crippen LogP contribution in [0, 0.1) is 6.92 Å². The fourth-order valence-corrected chi connectivity index (χ4v) is 3.62. The molecule has 1 aromatic rings. The van der Waals surface area contributed by atoms with Crippen LogP contribution in [-0.2, 0) is 11.2 Å². The van der Waals surface area contributed by atoms with Crippen LogP contribution in [0.1, 0.15) is 43.4 Å². The molecule has 3 rings (SSSR count). The number of amides is 1. The van der Waals surface area contributed by atoms with Crippen molar-refractivity contribution in [3.8, 4) is 0 Å². The maximum absolute atomic E-state index is 12.0. The molecule has 0 aliphatic carbocycles. The van der Waals surface area contributed by atoms with E-state index in [1.165, 1.54) is 12.8 Å². The SMILES string of the molecule is Cc1noc(Cl)c1CCC(=O)NC1CC2CCC(C1)N2. The zero-order chi connectivity index (χ0) is 14.1. The number of hydrogen-bond donors (Lipinski definition) is 2. The van der Waals surface area contributed by atoms with Crippen LogP contribution in [0.5, 0.6) is 0 Å². The molecule has 2 unspecified atom stereocenters. The van der Waals surface area contributed by atoms with E-state index in [1.54, 1.807) is 0 Å². The molecule has 6 heteroatoms. The average Bonchev–Trinajstić information content (AvgIpc) is 2.91. The van der Waals surface area contributed by atoms with E-state index in [9.17, 15) is 4.79 Å². The van der Waals surface area contributed by atoms with Crippen molar-refractivity contribution in [1.29, 1.82) is 0 Å². The summed E-state index contributed by atoms with van der Waals surface area (Å²) < 4.78 is 4.89. The summed E-state index contributed by atoms with van der Waals surface area (Å²) in [5.74, 6) is 0.0907. The molecule has 2 aliphatic rings. The van der Waals surface area contributed by atoms with Crippen molar-refractivity contribution in [3.05, 3.63) is 16.5 Å². The number of aromatic nitrogens is 1. The molecule has 2 bridgehead atoms. The van der Waals surface area contributed by atoms with Gasteiger partial charge in [-0.1, -0.05) is 5.16 Å². The van der Waals surface area contributed by atoms with Gasteiger partial charge in [-0.15, -0.1) is 0 Å². The normalized spacial score (nSPS) is 28.6. The van der Waals surface area contributed by atoms with E-state index in [1.807, 2.05) is 6.92 Å². The Morgan fingerprint density at radius 2 is 2.15 bits per heavy atom. The predicted octanol–water partition coefficient (Wildman–Crippen LogP) is 1.97. The van der Waals surface area contributed by atoms with E-state index in [-0.39, 0.29) is 5.91 Å².